The van der Waals surface area contributed by atoms with Crippen molar-refractivity contribution in [3.05, 3.63) is 17.0 Å². The maximum absolute atomic E-state index is 11.3. The van der Waals surface area contributed by atoms with Crippen LogP contribution in [0.5, 0.6) is 0 Å². The molecule has 0 radical (unpaired) electrons. The van der Waals surface area contributed by atoms with Crippen molar-refractivity contribution in [1.29, 1.82) is 0 Å². The molecular formula is C9H9NO5S. The van der Waals surface area contributed by atoms with Crippen molar-refractivity contribution in [2.75, 3.05) is 5.32 Å². The molecule has 0 aliphatic carbocycles. The number of hydrogen-bond acceptors (Lipinski definition) is 4. The van der Waals surface area contributed by atoms with Crippen molar-refractivity contribution in [3.8, 4) is 0 Å². The Hall–Kier alpha value is -1.89. The molecule has 6 nitrogen and oxygen atoms in total. The summed E-state index contributed by atoms with van der Waals surface area (Å²) in [4.78, 5) is 32.6. The van der Waals surface area contributed by atoms with E-state index in [1.54, 1.807) is 0 Å². The second kappa shape index (κ2) is 4.75. The maximum Gasteiger partial charge on any atom is 0.338 e. The molecule has 0 saturated carbocycles. The lowest BCUT2D eigenvalue weighted by molar-refractivity contribution is -0.144. The van der Waals surface area contributed by atoms with Gasteiger partial charge >= 0.3 is 11.9 Å². The van der Waals surface area contributed by atoms with E-state index in [4.69, 9.17) is 10.2 Å². The van der Waals surface area contributed by atoms with E-state index in [9.17, 15) is 14.4 Å². The number of thiophene rings is 1. The summed E-state index contributed by atoms with van der Waals surface area (Å²) >= 11 is 1.03. The Balaban J connectivity index is 2.81. The normalized spacial score (nSPS) is 11.8. The largest absolute Gasteiger partial charge is 0.481 e. The topological polar surface area (TPSA) is 104 Å². The zero-order valence-corrected chi connectivity index (χ0v) is 9.08. The van der Waals surface area contributed by atoms with Gasteiger partial charge in [0.05, 0.1) is 5.56 Å². The van der Waals surface area contributed by atoms with Gasteiger partial charge in [0, 0.05) is 0 Å². The number of nitrogens with one attached hydrogen (secondary N) is 1. The van der Waals surface area contributed by atoms with Crippen LogP contribution in [0.3, 0.4) is 0 Å². The van der Waals surface area contributed by atoms with Gasteiger partial charge in [-0.15, -0.1) is 11.3 Å². The standard InChI is InChI=1S/C9H9NO5S/c1-4(8(12)13)6(11)10-7-5(9(14)15)2-3-16-7/h2-4H,1H3,(H,10,11)(H,12,13)(H,14,15). The average Bonchev–Trinajstić information content (AvgIpc) is 2.64. The van der Waals surface area contributed by atoms with Gasteiger partial charge in [0.25, 0.3) is 0 Å². The Labute approximate surface area is 94.5 Å². The fourth-order valence-electron chi connectivity index (χ4n) is 0.907. The Morgan fingerprint density at radius 3 is 2.50 bits per heavy atom. The number of carbonyl (C=O) groups is 3. The summed E-state index contributed by atoms with van der Waals surface area (Å²) in [5, 5.41) is 21.3. The van der Waals surface area contributed by atoms with Crippen molar-refractivity contribution in [3.63, 3.8) is 0 Å². The highest BCUT2D eigenvalue weighted by atomic mass is 32.1. The summed E-state index contributed by atoms with van der Waals surface area (Å²) in [6.45, 7) is 1.23. The highest BCUT2D eigenvalue weighted by Crippen LogP contribution is 2.23. The van der Waals surface area contributed by atoms with Gasteiger partial charge in [-0.25, -0.2) is 4.79 Å². The number of rotatable bonds is 4. The summed E-state index contributed by atoms with van der Waals surface area (Å²) in [5.74, 6) is -4.38. The monoisotopic (exact) mass is 243 g/mol. The fraction of sp³-hybridized carbons (Fsp3) is 0.222. The molecule has 0 saturated heterocycles. The molecule has 1 atom stereocenters. The minimum atomic E-state index is -1.26. The zero-order valence-electron chi connectivity index (χ0n) is 8.26. The third-order valence-corrected chi connectivity index (χ3v) is 2.73. The lowest BCUT2D eigenvalue weighted by Crippen LogP contribution is -2.27. The number of hydrogen-bond donors (Lipinski definition) is 3. The first kappa shape index (κ1) is 12.2. The van der Waals surface area contributed by atoms with E-state index in [0.29, 0.717) is 0 Å². The molecule has 1 heterocycles. The summed E-state index contributed by atoms with van der Waals surface area (Å²) in [6.07, 6.45) is 0. The van der Waals surface area contributed by atoms with Crippen LogP contribution in [0, 0.1) is 5.92 Å². The van der Waals surface area contributed by atoms with Crippen molar-refractivity contribution in [2.45, 2.75) is 6.92 Å². The first-order valence-corrected chi connectivity index (χ1v) is 5.16. The third kappa shape index (κ3) is 2.57. The van der Waals surface area contributed by atoms with E-state index >= 15 is 0 Å². The molecule has 0 bridgehead atoms. The molecule has 1 aromatic heterocycles. The predicted octanol–water partition coefficient (Wildman–Crippen LogP) is 1.11. The van der Waals surface area contributed by atoms with Gasteiger partial charge in [-0.05, 0) is 18.4 Å². The number of anilines is 1. The lowest BCUT2D eigenvalue weighted by Gasteiger charge is -2.06. The van der Waals surface area contributed by atoms with E-state index in [-0.39, 0.29) is 10.6 Å². The first-order chi connectivity index (χ1) is 7.43. The van der Waals surface area contributed by atoms with E-state index in [1.807, 2.05) is 0 Å². The number of carboxylic acids is 2. The minimum absolute atomic E-state index is 0.0454. The van der Waals surface area contributed by atoms with Gasteiger partial charge < -0.3 is 15.5 Å². The molecule has 1 aromatic rings. The molecule has 1 amide bonds. The van der Waals surface area contributed by atoms with Crippen molar-refractivity contribution >= 4 is 34.2 Å². The Morgan fingerprint density at radius 2 is 2.00 bits per heavy atom. The summed E-state index contributed by atoms with van der Waals surface area (Å²) in [5.41, 5.74) is -0.0454. The van der Waals surface area contributed by atoms with Gasteiger partial charge in [-0.1, -0.05) is 0 Å². The van der Waals surface area contributed by atoms with Crippen LogP contribution in [0.4, 0.5) is 5.00 Å². The van der Waals surface area contributed by atoms with Gasteiger partial charge in [0.1, 0.15) is 10.9 Å². The number of carbonyl (C=O) groups excluding carboxylic acids is 1. The Morgan fingerprint density at radius 1 is 1.38 bits per heavy atom. The molecule has 86 valence electrons. The van der Waals surface area contributed by atoms with Crippen LogP contribution in [-0.4, -0.2) is 28.1 Å². The molecule has 1 rings (SSSR count). The lowest BCUT2D eigenvalue weighted by atomic mass is 10.2. The van der Waals surface area contributed by atoms with Gasteiger partial charge in [0.2, 0.25) is 5.91 Å². The first-order valence-electron chi connectivity index (χ1n) is 4.28. The zero-order chi connectivity index (χ0) is 12.3. The minimum Gasteiger partial charge on any atom is -0.481 e. The van der Waals surface area contributed by atoms with E-state index in [0.717, 1.165) is 11.3 Å². The molecule has 0 aromatic carbocycles. The highest BCUT2D eigenvalue weighted by molar-refractivity contribution is 7.14. The molecule has 0 aliphatic rings. The van der Waals surface area contributed by atoms with Crippen molar-refractivity contribution < 1.29 is 24.6 Å². The molecule has 1 unspecified atom stereocenters. The van der Waals surface area contributed by atoms with E-state index < -0.39 is 23.8 Å². The van der Waals surface area contributed by atoms with E-state index in [1.165, 1.54) is 18.4 Å². The van der Waals surface area contributed by atoms with Crippen LogP contribution in [0.2, 0.25) is 0 Å². The number of amides is 1. The average molecular weight is 243 g/mol. The third-order valence-electron chi connectivity index (χ3n) is 1.90. The second-order valence-corrected chi connectivity index (χ2v) is 3.93. The summed E-state index contributed by atoms with van der Waals surface area (Å²) in [6, 6.07) is 1.34. The number of aromatic carboxylic acids is 1. The molecular weight excluding hydrogens is 234 g/mol. The SMILES string of the molecule is CC(C(=O)O)C(=O)Nc1sccc1C(=O)O. The van der Waals surface area contributed by atoms with Crippen LogP contribution >= 0.6 is 11.3 Å². The van der Waals surface area contributed by atoms with Crippen molar-refractivity contribution in [1.82, 2.24) is 0 Å². The molecule has 3 N–H and O–H groups in total. The van der Waals surface area contributed by atoms with E-state index in [2.05, 4.69) is 5.32 Å². The van der Waals surface area contributed by atoms with Crippen LogP contribution in [0.15, 0.2) is 11.4 Å². The smallest absolute Gasteiger partial charge is 0.338 e. The van der Waals surface area contributed by atoms with Crippen LogP contribution in [-0.2, 0) is 9.59 Å². The molecule has 7 heteroatoms. The fourth-order valence-corrected chi connectivity index (χ4v) is 1.69. The summed E-state index contributed by atoms with van der Waals surface area (Å²) in [7, 11) is 0. The van der Waals surface area contributed by atoms with Gasteiger partial charge in [-0.3, -0.25) is 9.59 Å². The van der Waals surface area contributed by atoms with Crippen LogP contribution in [0.1, 0.15) is 17.3 Å². The number of carboxylic acid groups (broad SMARTS) is 2. The van der Waals surface area contributed by atoms with Gasteiger partial charge in [0.15, 0.2) is 0 Å². The second-order valence-electron chi connectivity index (χ2n) is 3.02. The van der Waals surface area contributed by atoms with Gasteiger partial charge in [-0.2, -0.15) is 0 Å². The predicted molar refractivity (Wildman–Crippen MR) is 56.7 cm³/mol. The Bertz CT molecular complexity index is 439. The van der Waals surface area contributed by atoms with Crippen LogP contribution < -0.4 is 5.32 Å². The van der Waals surface area contributed by atoms with Crippen LogP contribution in [0.25, 0.3) is 0 Å². The molecule has 16 heavy (non-hydrogen) atoms. The molecule has 0 aliphatic heterocycles. The molecule has 0 fully saturated rings. The quantitative estimate of drug-likeness (QED) is 0.687. The molecule has 0 spiro atoms. The highest BCUT2D eigenvalue weighted by Gasteiger charge is 2.22. The maximum atomic E-state index is 11.3. The Kier molecular flexibility index (Phi) is 3.62. The number of aliphatic carboxylic acids is 1. The summed E-state index contributed by atoms with van der Waals surface area (Å²) < 4.78 is 0. The van der Waals surface area contributed by atoms with Crippen molar-refractivity contribution in [2.24, 2.45) is 5.92 Å².